The predicted molar refractivity (Wildman–Crippen MR) is 112 cm³/mol. The number of carbonyl (C=O) groups excluding carboxylic acids is 1. The smallest absolute Gasteiger partial charge is 0.273 e. The first kappa shape index (κ1) is 21.1. The van der Waals surface area contributed by atoms with Gasteiger partial charge in [0.05, 0.1) is 18.9 Å². The standard InChI is InChI=1S/C20H24N2O6S2/c1-21(30(24,25)19-3-2-14-29-19)16-4-6-17(7-5-16)26-15-18(23)22-10-8-20(9-11-22)27-12-13-28-20/h2-7,14H,8-13,15H2,1H3. The van der Waals surface area contributed by atoms with Gasteiger partial charge in [-0.15, -0.1) is 11.3 Å². The van der Waals surface area contributed by atoms with Gasteiger partial charge in [0.2, 0.25) is 0 Å². The number of thiophene rings is 1. The molecule has 2 saturated heterocycles. The zero-order chi connectivity index (χ0) is 21.2. The van der Waals surface area contributed by atoms with Crippen LogP contribution < -0.4 is 9.04 Å². The first-order valence-corrected chi connectivity index (χ1v) is 12.0. The molecule has 1 amide bonds. The lowest BCUT2D eigenvalue weighted by molar-refractivity contribution is -0.187. The molecule has 0 bridgehead atoms. The highest BCUT2D eigenvalue weighted by Crippen LogP contribution is 2.31. The van der Waals surface area contributed by atoms with Gasteiger partial charge in [-0.1, -0.05) is 6.07 Å². The summed E-state index contributed by atoms with van der Waals surface area (Å²) in [5.41, 5.74) is 0.514. The van der Waals surface area contributed by atoms with Crippen molar-refractivity contribution < 1.29 is 27.4 Å². The molecule has 0 saturated carbocycles. The van der Waals surface area contributed by atoms with Crippen LogP contribution in [0.1, 0.15) is 12.8 Å². The molecule has 1 spiro atoms. The van der Waals surface area contributed by atoms with Gasteiger partial charge >= 0.3 is 0 Å². The van der Waals surface area contributed by atoms with Crippen LogP contribution >= 0.6 is 11.3 Å². The number of amides is 1. The summed E-state index contributed by atoms with van der Waals surface area (Å²) in [5, 5.41) is 1.73. The monoisotopic (exact) mass is 452 g/mol. The molecule has 0 unspecified atom stereocenters. The maximum absolute atomic E-state index is 12.6. The molecule has 2 aliphatic heterocycles. The Balaban J connectivity index is 1.30. The number of hydrogen-bond acceptors (Lipinski definition) is 7. The molecule has 4 rings (SSSR count). The maximum Gasteiger partial charge on any atom is 0.273 e. The average molecular weight is 453 g/mol. The van der Waals surface area contributed by atoms with E-state index in [0.29, 0.717) is 50.6 Å². The number of hydrogen-bond donors (Lipinski definition) is 0. The Morgan fingerprint density at radius 2 is 1.83 bits per heavy atom. The molecule has 3 heterocycles. The highest BCUT2D eigenvalue weighted by Gasteiger charge is 2.40. The topological polar surface area (TPSA) is 85.4 Å². The minimum absolute atomic E-state index is 0.0720. The molecule has 2 aromatic rings. The molecular weight excluding hydrogens is 428 g/mol. The van der Waals surface area contributed by atoms with Gasteiger partial charge in [0.15, 0.2) is 12.4 Å². The molecule has 2 aliphatic rings. The summed E-state index contributed by atoms with van der Waals surface area (Å²) in [5.74, 6) is -0.0996. The van der Waals surface area contributed by atoms with Crippen LogP contribution in [0.25, 0.3) is 0 Å². The maximum atomic E-state index is 12.6. The van der Waals surface area contributed by atoms with Gasteiger partial charge in [0.25, 0.3) is 15.9 Å². The number of anilines is 1. The molecule has 1 aromatic heterocycles. The van der Waals surface area contributed by atoms with Crippen LogP contribution in [0.15, 0.2) is 46.0 Å². The Morgan fingerprint density at radius 1 is 1.17 bits per heavy atom. The van der Waals surface area contributed by atoms with E-state index in [4.69, 9.17) is 14.2 Å². The third-order valence-corrected chi connectivity index (χ3v) is 8.52. The molecule has 10 heteroatoms. The SMILES string of the molecule is CN(c1ccc(OCC(=O)N2CCC3(CC2)OCCO3)cc1)S(=O)(=O)c1cccs1. The number of benzene rings is 1. The third-order valence-electron chi connectivity index (χ3n) is 5.36. The lowest BCUT2D eigenvalue weighted by Crippen LogP contribution is -2.48. The van der Waals surface area contributed by atoms with Gasteiger partial charge in [-0.2, -0.15) is 0 Å². The number of nitrogens with zero attached hydrogens (tertiary/aromatic N) is 2. The number of likely N-dealkylation sites (tertiary alicyclic amines) is 1. The molecule has 0 aliphatic carbocycles. The number of rotatable bonds is 6. The molecule has 0 atom stereocenters. The van der Waals surface area contributed by atoms with E-state index in [2.05, 4.69) is 0 Å². The molecule has 1 aromatic carbocycles. The Bertz CT molecular complexity index is 959. The molecule has 0 N–H and O–H groups in total. The fourth-order valence-corrected chi connectivity index (χ4v) is 5.91. The molecule has 2 fully saturated rings. The van der Waals surface area contributed by atoms with Crippen LogP contribution in [0.2, 0.25) is 0 Å². The number of ether oxygens (including phenoxy) is 3. The highest BCUT2D eigenvalue weighted by molar-refractivity contribution is 7.94. The number of carbonyl (C=O) groups is 1. The summed E-state index contributed by atoms with van der Waals surface area (Å²) in [6.07, 6.45) is 1.33. The van der Waals surface area contributed by atoms with Gasteiger partial charge in [0, 0.05) is 33.0 Å². The summed E-state index contributed by atoms with van der Waals surface area (Å²) in [4.78, 5) is 14.2. The van der Waals surface area contributed by atoms with Crippen LogP contribution in [-0.2, 0) is 24.3 Å². The van der Waals surface area contributed by atoms with Crippen LogP contribution in [-0.4, -0.2) is 65.0 Å². The zero-order valence-corrected chi connectivity index (χ0v) is 18.3. The lowest BCUT2D eigenvalue weighted by Gasteiger charge is -2.37. The van der Waals surface area contributed by atoms with Gasteiger partial charge in [0.1, 0.15) is 9.96 Å². The summed E-state index contributed by atoms with van der Waals surface area (Å²) in [6, 6.07) is 9.92. The van der Waals surface area contributed by atoms with E-state index >= 15 is 0 Å². The fourth-order valence-electron chi connectivity index (χ4n) is 3.56. The van der Waals surface area contributed by atoms with Crippen molar-refractivity contribution in [2.75, 3.05) is 44.3 Å². The summed E-state index contributed by atoms with van der Waals surface area (Å²) in [7, 11) is -2.07. The number of piperidine rings is 1. The van der Waals surface area contributed by atoms with Gasteiger partial charge in [-0.25, -0.2) is 8.42 Å². The van der Waals surface area contributed by atoms with Crippen molar-refractivity contribution in [1.29, 1.82) is 0 Å². The van der Waals surface area contributed by atoms with E-state index in [9.17, 15) is 13.2 Å². The minimum atomic E-state index is -3.58. The highest BCUT2D eigenvalue weighted by atomic mass is 32.2. The van der Waals surface area contributed by atoms with Crippen molar-refractivity contribution in [2.24, 2.45) is 0 Å². The third kappa shape index (κ3) is 4.31. The van der Waals surface area contributed by atoms with E-state index < -0.39 is 15.8 Å². The Morgan fingerprint density at radius 3 is 2.43 bits per heavy atom. The van der Waals surface area contributed by atoms with Crippen LogP contribution in [0.4, 0.5) is 5.69 Å². The quantitative estimate of drug-likeness (QED) is 0.669. The van der Waals surface area contributed by atoms with E-state index in [-0.39, 0.29) is 16.7 Å². The van der Waals surface area contributed by atoms with Crippen LogP contribution in [0.5, 0.6) is 5.75 Å². The summed E-state index contributed by atoms with van der Waals surface area (Å²) < 4.78 is 43.7. The van der Waals surface area contributed by atoms with E-state index in [1.807, 2.05) is 0 Å². The van der Waals surface area contributed by atoms with E-state index in [1.54, 1.807) is 46.7 Å². The Kier molecular flexibility index (Phi) is 6.01. The number of sulfonamides is 1. The molecular formula is C20H24N2O6S2. The van der Waals surface area contributed by atoms with Crippen LogP contribution in [0, 0.1) is 0 Å². The van der Waals surface area contributed by atoms with Crippen molar-refractivity contribution in [1.82, 2.24) is 4.90 Å². The normalized spacial score (nSPS) is 18.5. The first-order chi connectivity index (χ1) is 14.4. The fraction of sp³-hybridized carbons (Fsp3) is 0.450. The van der Waals surface area contributed by atoms with Crippen molar-refractivity contribution in [3.63, 3.8) is 0 Å². The van der Waals surface area contributed by atoms with Gasteiger partial charge < -0.3 is 19.1 Å². The second-order valence-corrected chi connectivity index (χ2v) is 10.3. The molecule has 8 nitrogen and oxygen atoms in total. The van der Waals surface area contributed by atoms with Crippen molar-refractivity contribution in [3.05, 3.63) is 41.8 Å². The second kappa shape index (κ2) is 8.54. The molecule has 0 radical (unpaired) electrons. The van der Waals surface area contributed by atoms with Crippen molar-refractivity contribution in [3.8, 4) is 5.75 Å². The lowest BCUT2D eigenvalue weighted by atomic mass is 10.0. The summed E-state index contributed by atoms with van der Waals surface area (Å²) in [6.45, 7) is 2.30. The van der Waals surface area contributed by atoms with Crippen molar-refractivity contribution in [2.45, 2.75) is 22.8 Å². The Hall–Kier alpha value is -2.14. The van der Waals surface area contributed by atoms with E-state index in [1.165, 1.54) is 22.7 Å². The van der Waals surface area contributed by atoms with E-state index in [0.717, 1.165) is 0 Å². The average Bonchev–Trinajstić information content (AvgIpc) is 3.46. The Labute approximate surface area is 180 Å². The second-order valence-electron chi connectivity index (χ2n) is 7.18. The summed E-state index contributed by atoms with van der Waals surface area (Å²) >= 11 is 1.17. The minimum Gasteiger partial charge on any atom is -0.484 e. The predicted octanol–water partition coefficient (Wildman–Crippen LogP) is 2.32. The first-order valence-electron chi connectivity index (χ1n) is 9.71. The van der Waals surface area contributed by atoms with Gasteiger partial charge in [-0.3, -0.25) is 9.10 Å². The van der Waals surface area contributed by atoms with Gasteiger partial charge in [-0.05, 0) is 35.7 Å². The molecule has 162 valence electrons. The van der Waals surface area contributed by atoms with Crippen LogP contribution in [0.3, 0.4) is 0 Å². The van der Waals surface area contributed by atoms with Crippen molar-refractivity contribution >= 4 is 33.0 Å². The zero-order valence-electron chi connectivity index (χ0n) is 16.7. The molecule has 30 heavy (non-hydrogen) atoms. The largest absolute Gasteiger partial charge is 0.484 e.